The number of rotatable bonds is 6. The molecule has 2 aliphatic carbocycles. The summed E-state index contributed by atoms with van der Waals surface area (Å²) in [4.78, 5) is 11.8. The van der Waals surface area contributed by atoms with E-state index in [0.717, 1.165) is 55.9 Å². The number of hydrogen-bond donors (Lipinski definition) is 3. The molecule has 1 atom stereocenters. The van der Waals surface area contributed by atoms with Crippen LogP contribution in [0.1, 0.15) is 68.3 Å². The number of halogens is 1. The van der Waals surface area contributed by atoms with Gasteiger partial charge in [-0.05, 0) is 88.2 Å². The molecule has 33 heavy (non-hydrogen) atoms. The number of aromatic nitrogens is 2. The molecule has 1 saturated carbocycles. The Morgan fingerprint density at radius 3 is 2.39 bits per heavy atom. The standard InChI is InChI=1S/C25H35FN6S/c1-16(17-8-10-18(26)11-9-17)27-25(33)29-20-14-12-19(13-15-20)28-24-30-22-7-5-4-6-21(22)23(31-24)32(2)3/h8-11,16,19-20H,4-7,12-15H2,1-3H3,(H2,27,29,33)(H,28,30,31). The van der Waals surface area contributed by atoms with Gasteiger partial charge in [0.15, 0.2) is 5.11 Å². The van der Waals surface area contributed by atoms with E-state index in [1.165, 1.54) is 36.2 Å². The van der Waals surface area contributed by atoms with Crippen molar-refractivity contribution >= 4 is 29.1 Å². The average molecular weight is 471 g/mol. The zero-order chi connectivity index (χ0) is 23.4. The summed E-state index contributed by atoms with van der Waals surface area (Å²) in [6.45, 7) is 2.03. The highest BCUT2D eigenvalue weighted by molar-refractivity contribution is 7.80. The van der Waals surface area contributed by atoms with Crippen molar-refractivity contribution in [3.8, 4) is 0 Å². The first-order valence-corrected chi connectivity index (χ1v) is 12.5. The molecule has 2 aliphatic rings. The minimum absolute atomic E-state index is 0.0238. The summed E-state index contributed by atoms with van der Waals surface area (Å²) < 4.78 is 13.1. The van der Waals surface area contributed by atoms with Crippen LogP contribution in [0.4, 0.5) is 16.2 Å². The second-order valence-corrected chi connectivity index (χ2v) is 9.89. The van der Waals surface area contributed by atoms with Crippen LogP contribution in [-0.4, -0.2) is 41.3 Å². The number of thiocarbonyl (C=S) groups is 1. The zero-order valence-electron chi connectivity index (χ0n) is 19.8. The van der Waals surface area contributed by atoms with Gasteiger partial charge in [-0.3, -0.25) is 0 Å². The molecule has 0 aliphatic heterocycles. The fourth-order valence-electron chi connectivity index (χ4n) is 4.83. The van der Waals surface area contributed by atoms with Gasteiger partial charge < -0.3 is 20.9 Å². The lowest BCUT2D eigenvalue weighted by Gasteiger charge is -2.31. The second-order valence-electron chi connectivity index (χ2n) is 9.48. The number of fused-ring (bicyclic) bond motifs is 1. The van der Waals surface area contributed by atoms with E-state index in [1.54, 1.807) is 12.1 Å². The topological polar surface area (TPSA) is 65.1 Å². The van der Waals surface area contributed by atoms with Crippen molar-refractivity contribution in [3.63, 3.8) is 0 Å². The molecule has 1 fully saturated rings. The maximum absolute atomic E-state index is 13.1. The first kappa shape index (κ1) is 23.7. The molecule has 1 aromatic carbocycles. The Balaban J connectivity index is 1.27. The zero-order valence-corrected chi connectivity index (χ0v) is 20.6. The van der Waals surface area contributed by atoms with E-state index in [1.807, 2.05) is 6.92 Å². The highest BCUT2D eigenvalue weighted by Crippen LogP contribution is 2.29. The van der Waals surface area contributed by atoms with Gasteiger partial charge in [-0.25, -0.2) is 9.37 Å². The van der Waals surface area contributed by atoms with E-state index in [0.29, 0.717) is 17.2 Å². The molecule has 1 aromatic heterocycles. The van der Waals surface area contributed by atoms with E-state index in [2.05, 4.69) is 34.9 Å². The summed E-state index contributed by atoms with van der Waals surface area (Å²) in [5, 5.41) is 11.0. The largest absolute Gasteiger partial charge is 0.362 e. The summed E-state index contributed by atoms with van der Waals surface area (Å²) in [6, 6.07) is 7.28. The van der Waals surface area contributed by atoms with Crippen LogP contribution in [0.3, 0.4) is 0 Å². The lowest BCUT2D eigenvalue weighted by molar-refractivity contribution is 0.384. The third-order valence-electron chi connectivity index (χ3n) is 6.70. The molecule has 1 unspecified atom stereocenters. The molecule has 0 saturated heterocycles. The van der Waals surface area contributed by atoms with E-state index < -0.39 is 0 Å². The van der Waals surface area contributed by atoms with Crippen LogP contribution in [-0.2, 0) is 12.8 Å². The number of anilines is 2. The molecule has 178 valence electrons. The van der Waals surface area contributed by atoms with Crippen LogP contribution in [0.15, 0.2) is 24.3 Å². The average Bonchev–Trinajstić information content (AvgIpc) is 2.80. The first-order valence-electron chi connectivity index (χ1n) is 12.0. The van der Waals surface area contributed by atoms with Gasteiger partial charge in [0.25, 0.3) is 0 Å². The van der Waals surface area contributed by atoms with Gasteiger partial charge in [0.05, 0.1) is 11.7 Å². The molecule has 6 nitrogen and oxygen atoms in total. The molecule has 3 N–H and O–H groups in total. The number of aryl methyl sites for hydroxylation is 1. The van der Waals surface area contributed by atoms with Gasteiger partial charge in [0.1, 0.15) is 11.6 Å². The Morgan fingerprint density at radius 2 is 1.70 bits per heavy atom. The maximum atomic E-state index is 13.1. The van der Waals surface area contributed by atoms with Gasteiger partial charge in [0, 0.05) is 31.7 Å². The quantitative estimate of drug-likeness (QED) is 0.537. The maximum Gasteiger partial charge on any atom is 0.225 e. The monoisotopic (exact) mass is 470 g/mol. The van der Waals surface area contributed by atoms with Crippen molar-refractivity contribution in [2.75, 3.05) is 24.3 Å². The van der Waals surface area contributed by atoms with Crippen molar-refractivity contribution in [3.05, 3.63) is 46.9 Å². The van der Waals surface area contributed by atoms with Gasteiger partial charge >= 0.3 is 0 Å². The number of nitrogens with one attached hydrogen (secondary N) is 3. The first-order chi connectivity index (χ1) is 15.9. The molecular weight excluding hydrogens is 435 g/mol. The predicted molar refractivity (Wildman–Crippen MR) is 136 cm³/mol. The smallest absolute Gasteiger partial charge is 0.225 e. The molecule has 4 rings (SSSR count). The molecule has 0 amide bonds. The van der Waals surface area contributed by atoms with Crippen molar-refractivity contribution in [2.45, 2.75) is 76.4 Å². The van der Waals surface area contributed by atoms with E-state index in [-0.39, 0.29) is 11.9 Å². The van der Waals surface area contributed by atoms with Crippen LogP contribution >= 0.6 is 12.2 Å². The molecule has 0 spiro atoms. The predicted octanol–water partition coefficient (Wildman–Crippen LogP) is 4.51. The van der Waals surface area contributed by atoms with Crippen LogP contribution in [0.2, 0.25) is 0 Å². The normalized spacial score (nSPS) is 21.0. The Labute approximate surface area is 201 Å². The van der Waals surface area contributed by atoms with Crippen molar-refractivity contribution < 1.29 is 4.39 Å². The summed E-state index contributed by atoms with van der Waals surface area (Å²) in [7, 11) is 4.12. The minimum atomic E-state index is -0.226. The van der Waals surface area contributed by atoms with Gasteiger partial charge in [-0.1, -0.05) is 12.1 Å². The highest BCUT2D eigenvalue weighted by Gasteiger charge is 2.24. The summed E-state index contributed by atoms with van der Waals surface area (Å²) in [5.41, 5.74) is 3.54. The number of nitrogens with zero attached hydrogens (tertiary/aromatic N) is 3. The van der Waals surface area contributed by atoms with Crippen LogP contribution < -0.4 is 20.9 Å². The summed E-state index contributed by atoms with van der Waals surface area (Å²) >= 11 is 5.53. The van der Waals surface area contributed by atoms with Gasteiger partial charge in [-0.15, -0.1) is 0 Å². The fourth-order valence-corrected chi connectivity index (χ4v) is 5.18. The van der Waals surface area contributed by atoms with Crippen molar-refractivity contribution in [2.24, 2.45) is 0 Å². The molecule has 2 aromatic rings. The molecule has 8 heteroatoms. The Bertz CT molecular complexity index is 956. The Morgan fingerprint density at radius 1 is 1.03 bits per heavy atom. The van der Waals surface area contributed by atoms with Crippen LogP contribution in [0.5, 0.6) is 0 Å². The minimum Gasteiger partial charge on any atom is -0.362 e. The Hall–Kier alpha value is -2.48. The molecule has 0 bridgehead atoms. The second kappa shape index (κ2) is 10.6. The van der Waals surface area contributed by atoms with Crippen molar-refractivity contribution in [1.29, 1.82) is 0 Å². The summed E-state index contributed by atoms with van der Waals surface area (Å²) in [6.07, 6.45) is 8.72. The number of hydrogen-bond acceptors (Lipinski definition) is 5. The third kappa shape index (κ3) is 6.10. The van der Waals surface area contributed by atoms with Crippen molar-refractivity contribution in [1.82, 2.24) is 20.6 Å². The lowest BCUT2D eigenvalue weighted by Crippen LogP contribution is -2.45. The third-order valence-corrected chi connectivity index (χ3v) is 6.93. The van der Waals surface area contributed by atoms with E-state index >= 15 is 0 Å². The molecular formula is C25H35FN6S. The highest BCUT2D eigenvalue weighted by atomic mass is 32.1. The van der Waals surface area contributed by atoms with Gasteiger partial charge in [0.2, 0.25) is 5.95 Å². The van der Waals surface area contributed by atoms with E-state index in [9.17, 15) is 4.39 Å². The van der Waals surface area contributed by atoms with Crippen LogP contribution in [0.25, 0.3) is 0 Å². The molecule has 1 heterocycles. The Kier molecular flexibility index (Phi) is 7.63. The summed E-state index contributed by atoms with van der Waals surface area (Å²) in [5.74, 6) is 1.60. The van der Waals surface area contributed by atoms with Crippen LogP contribution in [0, 0.1) is 5.82 Å². The fraction of sp³-hybridized carbons (Fsp3) is 0.560. The molecule has 0 radical (unpaired) electrons. The lowest BCUT2D eigenvalue weighted by atomic mass is 9.91. The number of benzene rings is 1. The van der Waals surface area contributed by atoms with Gasteiger partial charge in [-0.2, -0.15) is 4.98 Å². The van der Waals surface area contributed by atoms with E-state index in [4.69, 9.17) is 22.2 Å². The SMILES string of the molecule is CC(NC(=S)NC1CCC(Nc2nc3c(c(N(C)C)n2)CCCC3)CC1)c1ccc(F)cc1.